The molecule has 6 nitrogen and oxygen atoms in total. The average Bonchev–Trinajstić information content (AvgIpc) is 3.08. The van der Waals surface area contributed by atoms with Crippen LogP contribution in [0, 0.1) is 12.7 Å². The van der Waals surface area contributed by atoms with Gasteiger partial charge in [0.25, 0.3) is 11.7 Å². The van der Waals surface area contributed by atoms with Crippen LogP contribution in [-0.4, -0.2) is 33.3 Å². The molecule has 1 atom stereocenters. The van der Waals surface area contributed by atoms with Gasteiger partial charge in [0.2, 0.25) is 0 Å². The van der Waals surface area contributed by atoms with Crippen molar-refractivity contribution in [1.29, 1.82) is 0 Å². The number of halogens is 1. The van der Waals surface area contributed by atoms with Gasteiger partial charge in [-0.15, -0.1) is 0 Å². The topological polar surface area (TPSA) is 79.7 Å². The molecule has 0 aliphatic carbocycles. The van der Waals surface area contributed by atoms with Crippen LogP contribution in [0.1, 0.15) is 28.3 Å². The molecule has 1 aliphatic rings. The van der Waals surface area contributed by atoms with Crippen molar-refractivity contribution in [2.75, 3.05) is 6.61 Å². The number of ketones is 1. The van der Waals surface area contributed by atoms with Gasteiger partial charge in [-0.3, -0.25) is 14.6 Å². The average molecular weight is 458 g/mol. The van der Waals surface area contributed by atoms with Crippen molar-refractivity contribution in [1.82, 2.24) is 9.88 Å². The molecule has 172 valence electrons. The van der Waals surface area contributed by atoms with Crippen LogP contribution in [0.5, 0.6) is 5.75 Å². The zero-order chi connectivity index (χ0) is 24.2. The second kappa shape index (κ2) is 9.70. The molecule has 1 aromatic heterocycles. The first kappa shape index (κ1) is 22.9. The summed E-state index contributed by atoms with van der Waals surface area (Å²) in [5.41, 5.74) is 2.24. The summed E-state index contributed by atoms with van der Waals surface area (Å²) in [7, 11) is 0. The van der Waals surface area contributed by atoms with Crippen LogP contribution in [-0.2, 0) is 16.1 Å². The van der Waals surface area contributed by atoms with E-state index in [2.05, 4.69) is 11.6 Å². The fraction of sp³-hybridized carbons (Fsp3) is 0.148. The number of amides is 1. The van der Waals surface area contributed by atoms with Crippen LogP contribution in [0.3, 0.4) is 0 Å². The van der Waals surface area contributed by atoms with Crippen molar-refractivity contribution in [3.05, 3.63) is 113 Å². The van der Waals surface area contributed by atoms with Crippen molar-refractivity contribution in [3.63, 3.8) is 0 Å². The molecule has 3 aromatic rings. The predicted octanol–water partition coefficient (Wildman–Crippen LogP) is 4.72. The highest BCUT2D eigenvalue weighted by atomic mass is 19.1. The fourth-order valence-electron chi connectivity index (χ4n) is 4.01. The minimum Gasteiger partial charge on any atom is -0.507 e. The van der Waals surface area contributed by atoms with Gasteiger partial charge >= 0.3 is 0 Å². The maximum Gasteiger partial charge on any atom is 0.295 e. The number of rotatable bonds is 7. The quantitative estimate of drug-likeness (QED) is 0.240. The van der Waals surface area contributed by atoms with Gasteiger partial charge in [0.1, 0.15) is 23.9 Å². The molecule has 2 heterocycles. The first-order chi connectivity index (χ1) is 16.4. The number of aliphatic hydroxyl groups is 1. The highest BCUT2D eigenvalue weighted by Gasteiger charge is 2.46. The second-order valence-electron chi connectivity index (χ2n) is 7.92. The van der Waals surface area contributed by atoms with Crippen molar-refractivity contribution in [2.45, 2.75) is 19.5 Å². The zero-order valence-corrected chi connectivity index (χ0v) is 18.6. The Bertz CT molecular complexity index is 1270. The van der Waals surface area contributed by atoms with Gasteiger partial charge in [0, 0.05) is 24.5 Å². The van der Waals surface area contributed by atoms with Crippen LogP contribution in [0.15, 0.2) is 85.2 Å². The fourth-order valence-corrected chi connectivity index (χ4v) is 4.01. The van der Waals surface area contributed by atoms with E-state index in [1.807, 2.05) is 0 Å². The summed E-state index contributed by atoms with van der Waals surface area (Å²) in [6.07, 6.45) is 4.84. The maximum absolute atomic E-state index is 13.6. The van der Waals surface area contributed by atoms with E-state index in [-0.39, 0.29) is 17.9 Å². The number of hydrogen-bond acceptors (Lipinski definition) is 5. The number of likely N-dealkylation sites (tertiary alicyclic amines) is 1. The number of hydrogen-bond donors (Lipinski definition) is 1. The molecule has 1 unspecified atom stereocenters. The van der Waals surface area contributed by atoms with E-state index in [1.165, 1.54) is 29.2 Å². The number of carbonyl (C=O) groups is 2. The van der Waals surface area contributed by atoms with Crippen molar-refractivity contribution < 1.29 is 23.8 Å². The number of benzene rings is 2. The Balaban J connectivity index is 1.82. The number of aryl methyl sites for hydroxylation is 1. The first-order valence-electron chi connectivity index (χ1n) is 10.7. The Hall–Kier alpha value is -4.26. The normalized spacial score (nSPS) is 17.1. The smallest absolute Gasteiger partial charge is 0.295 e. The van der Waals surface area contributed by atoms with Gasteiger partial charge in [0.05, 0.1) is 11.6 Å². The molecule has 0 spiro atoms. The van der Waals surface area contributed by atoms with Crippen molar-refractivity contribution in [3.8, 4) is 5.75 Å². The van der Waals surface area contributed by atoms with Crippen LogP contribution >= 0.6 is 0 Å². The summed E-state index contributed by atoms with van der Waals surface area (Å²) < 4.78 is 19.2. The third kappa shape index (κ3) is 4.45. The molecular formula is C27H23FN2O4. The Morgan fingerprint density at radius 3 is 2.62 bits per heavy atom. The Morgan fingerprint density at radius 2 is 1.97 bits per heavy atom. The maximum atomic E-state index is 13.6. The van der Waals surface area contributed by atoms with Gasteiger partial charge in [-0.25, -0.2) is 4.39 Å². The van der Waals surface area contributed by atoms with Crippen LogP contribution in [0.4, 0.5) is 4.39 Å². The molecule has 1 saturated heterocycles. The van der Waals surface area contributed by atoms with Gasteiger partial charge in [-0.1, -0.05) is 30.9 Å². The Labute approximate surface area is 196 Å². The lowest BCUT2D eigenvalue weighted by Gasteiger charge is -2.25. The number of aliphatic hydroxyl groups excluding tert-OH is 1. The van der Waals surface area contributed by atoms with Gasteiger partial charge in [-0.05, 0) is 60.0 Å². The molecule has 1 aliphatic heterocycles. The van der Waals surface area contributed by atoms with E-state index >= 15 is 0 Å². The lowest BCUT2D eigenvalue weighted by atomic mass is 9.93. The molecular weight excluding hydrogens is 435 g/mol. The van der Waals surface area contributed by atoms with Crippen LogP contribution in [0.25, 0.3) is 5.76 Å². The van der Waals surface area contributed by atoms with E-state index in [0.717, 1.165) is 5.56 Å². The number of carbonyl (C=O) groups excluding carboxylic acids is 2. The Morgan fingerprint density at radius 1 is 1.21 bits per heavy atom. The lowest BCUT2D eigenvalue weighted by molar-refractivity contribution is -0.140. The first-order valence-corrected chi connectivity index (χ1v) is 10.7. The third-order valence-corrected chi connectivity index (χ3v) is 5.62. The molecule has 4 rings (SSSR count). The van der Waals surface area contributed by atoms with Crippen LogP contribution < -0.4 is 4.74 Å². The molecule has 34 heavy (non-hydrogen) atoms. The summed E-state index contributed by atoms with van der Waals surface area (Å²) in [6.45, 7) is 5.82. The minimum absolute atomic E-state index is 0.0524. The summed E-state index contributed by atoms with van der Waals surface area (Å²) in [4.78, 5) is 31.7. The molecule has 1 amide bonds. The summed E-state index contributed by atoms with van der Waals surface area (Å²) in [5.74, 6) is -1.71. The Kier molecular flexibility index (Phi) is 6.54. The summed E-state index contributed by atoms with van der Waals surface area (Å²) in [6, 6.07) is 13.2. The number of ether oxygens (including phenoxy) is 1. The van der Waals surface area contributed by atoms with Crippen molar-refractivity contribution >= 4 is 17.4 Å². The number of Topliss-reactive ketones (excluding diaryl/α,β-unsaturated/α-hetero) is 1. The summed E-state index contributed by atoms with van der Waals surface area (Å²) >= 11 is 0. The zero-order valence-electron chi connectivity index (χ0n) is 18.6. The van der Waals surface area contributed by atoms with Crippen LogP contribution in [0.2, 0.25) is 0 Å². The SMILES string of the molecule is C=CCOc1ccc(/C(O)=C2\C(=O)C(=O)N(Cc3cccnc3)C2c2ccc(F)cc2)c(C)c1. The largest absolute Gasteiger partial charge is 0.507 e. The van der Waals surface area contributed by atoms with E-state index < -0.39 is 23.5 Å². The second-order valence-corrected chi connectivity index (χ2v) is 7.92. The monoisotopic (exact) mass is 458 g/mol. The van der Waals surface area contributed by atoms with E-state index in [9.17, 15) is 19.1 Å². The van der Waals surface area contributed by atoms with E-state index in [0.29, 0.717) is 29.0 Å². The predicted molar refractivity (Wildman–Crippen MR) is 125 cm³/mol. The highest BCUT2D eigenvalue weighted by molar-refractivity contribution is 6.46. The molecule has 7 heteroatoms. The van der Waals surface area contributed by atoms with Gasteiger partial charge in [-0.2, -0.15) is 0 Å². The lowest BCUT2D eigenvalue weighted by Crippen LogP contribution is -2.29. The standard InChI is InChI=1S/C27H23FN2O4/c1-3-13-34-21-10-11-22(17(2)14-21)25(31)23-24(19-6-8-20(28)9-7-19)30(27(33)26(23)32)16-18-5-4-12-29-15-18/h3-12,14-15,24,31H,1,13,16H2,2H3/b25-23+. The summed E-state index contributed by atoms with van der Waals surface area (Å²) in [5, 5.41) is 11.3. The van der Waals surface area contributed by atoms with E-state index in [4.69, 9.17) is 4.74 Å². The number of nitrogens with zero attached hydrogens (tertiary/aromatic N) is 2. The third-order valence-electron chi connectivity index (χ3n) is 5.62. The molecule has 1 N–H and O–H groups in total. The highest BCUT2D eigenvalue weighted by Crippen LogP contribution is 2.41. The molecule has 0 radical (unpaired) electrons. The molecule has 1 fully saturated rings. The molecule has 0 bridgehead atoms. The van der Waals surface area contributed by atoms with E-state index in [1.54, 1.807) is 55.7 Å². The minimum atomic E-state index is -0.892. The number of aromatic nitrogens is 1. The van der Waals surface area contributed by atoms with Gasteiger partial charge in [0.15, 0.2) is 0 Å². The van der Waals surface area contributed by atoms with Gasteiger partial charge < -0.3 is 14.7 Å². The number of pyridine rings is 1. The van der Waals surface area contributed by atoms with Crippen molar-refractivity contribution in [2.24, 2.45) is 0 Å². The molecule has 2 aromatic carbocycles. The molecule has 0 saturated carbocycles.